The van der Waals surface area contributed by atoms with E-state index >= 15 is 0 Å². The number of rotatable bonds is 8. The van der Waals surface area contributed by atoms with Crippen LogP contribution in [0, 0.1) is 13.8 Å². The topological polar surface area (TPSA) is 72.6 Å². The van der Waals surface area contributed by atoms with Gasteiger partial charge in [0.05, 0.1) is 12.2 Å². The first kappa shape index (κ1) is 22.4. The largest absolute Gasteiger partial charge is 0.493 e. The van der Waals surface area contributed by atoms with Crippen molar-refractivity contribution in [2.75, 3.05) is 6.61 Å². The van der Waals surface area contributed by atoms with Crippen LogP contribution in [-0.4, -0.2) is 22.8 Å². The quantitative estimate of drug-likeness (QED) is 0.500. The van der Waals surface area contributed by atoms with Crippen molar-refractivity contribution in [2.24, 2.45) is 0 Å². The number of aliphatic carboxylic acids is 1. The van der Waals surface area contributed by atoms with Crippen molar-refractivity contribution in [2.45, 2.75) is 39.3 Å². The van der Waals surface area contributed by atoms with Crippen molar-refractivity contribution in [3.8, 4) is 17.0 Å². The van der Waals surface area contributed by atoms with Crippen molar-refractivity contribution in [1.82, 2.24) is 5.16 Å². The zero-order valence-electron chi connectivity index (χ0n) is 17.1. The fourth-order valence-electron chi connectivity index (χ4n) is 3.23. The average molecular weight is 433 g/mol. The Morgan fingerprint density at radius 3 is 2.42 bits per heavy atom. The van der Waals surface area contributed by atoms with Crippen LogP contribution < -0.4 is 4.74 Å². The number of carboxylic acid groups (broad SMARTS) is 1. The second-order valence-electron chi connectivity index (χ2n) is 7.23. The first-order valence-electron chi connectivity index (χ1n) is 9.72. The molecule has 0 atom stereocenters. The van der Waals surface area contributed by atoms with Gasteiger partial charge < -0.3 is 14.4 Å². The molecular formula is C23H22F3NO4. The Morgan fingerprint density at radius 1 is 1.10 bits per heavy atom. The first-order chi connectivity index (χ1) is 14.6. The fourth-order valence-corrected chi connectivity index (χ4v) is 3.23. The van der Waals surface area contributed by atoms with Gasteiger partial charge in [0.1, 0.15) is 17.2 Å². The molecule has 0 amide bonds. The predicted octanol–water partition coefficient (Wildman–Crippen LogP) is 5.62. The van der Waals surface area contributed by atoms with Crippen LogP contribution in [-0.2, 0) is 23.8 Å². The molecule has 8 heteroatoms. The molecule has 3 aromatic rings. The fraction of sp³-hybridized carbons (Fsp3) is 0.304. The normalized spacial score (nSPS) is 11.5. The van der Waals surface area contributed by atoms with Crippen LogP contribution in [0.5, 0.6) is 5.75 Å². The Kier molecular flexibility index (Phi) is 6.68. The van der Waals surface area contributed by atoms with Gasteiger partial charge in [0.25, 0.3) is 0 Å². The summed E-state index contributed by atoms with van der Waals surface area (Å²) in [6.07, 6.45) is -3.40. The van der Waals surface area contributed by atoms with Gasteiger partial charge in [-0.15, -0.1) is 0 Å². The number of carbonyl (C=O) groups is 1. The third-order valence-corrected chi connectivity index (χ3v) is 5.03. The van der Waals surface area contributed by atoms with Crippen molar-refractivity contribution in [3.05, 3.63) is 70.5 Å². The Morgan fingerprint density at radius 2 is 1.81 bits per heavy atom. The highest BCUT2D eigenvalue weighted by atomic mass is 19.4. The lowest BCUT2D eigenvalue weighted by atomic mass is 10.0. The standard InChI is InChI=1S/C23H22F3NO4/c1-14-13-19(9-5-16(14)6-10-21(28)29)30-12-11-20-15(2)22(27-31-20)17-3-7-18(8-4-17)23(24,25)26/h3-5,7-9,13H,6,10-12H2,1-2H3,(H,28,29). The number of aryl methyl sites for hydroxylation is 2. The van der Waals surface area contributed by atoms with Gasteiger partial charge in [-0.05, 0) is 55.7 Å². The van der Waals surface area contributed by atoms with Crippen molar-refractivity contribution in [1.29, 1.82) is 0 Å². The molecule has 0 aliphatic rings. The first-order valence-corrected chi connectivity index (χ1v) is 9.72. The molecule has 0 aliphatic heterocycles. The third-order valence-electron chi connectivity index (χ3n) is 5.03. The summed E-state index contributed by atoms with van der Waals surface area (Å²) < 4.78 is 49.3. The molecule has 0 radical (unpaired) electrons. The number of hydrogen-bond donors (Lipinski definition) is 1. The number of halogens is 3. The summed E-state index contributed by atoms with van der Waals surface area (Å²) in [5.41, 5.74) is 3.01. The zero-order valence-corrected chi connectivity index (χ0v) is 17.1. The second kappa shape index (κ2) is 9.24. The Hall–Kier alpha value is -3.29. The van der Waals surface area contributed by atoms with E-state index in [4.69, 9.17) is 14.4 Å². The number of nitrogens with zero attached hydrogens (tertiary/aromatic N) is 1. The van der Waals surface area contributed by atoms with Crippen LogP contribution in [0.15, 0.2) is 47.0 Å². The molecule has 0 saturated heterocycles. The Bertz CT molecular complexity index is 1060. The molecule has 0 bridgehead atoms. The number of alkyl halides is 3. The SMILES string of the molecule is Cc1cc(OCCc2onc(-c3ccc(C(F)(F)F)cc3)c2C)ccc1CCC(=O)O. The van der Waals surface area contributed by atoms with Gasteiger partial charge in [0.2, 0.25) is 0 Å². The number of carboxylic acids is 1. The summed E-state index contributed by atoms with van der Waals surface area (Å²) in [6, 6.07) is 10.3. The summed E-state index contributed by atoms with van der Waals surface area (Å²) in [4.78, 5) is 10.7. The van der Waals surface area contributed by atoms with Gasteiger partial charge in [-0.25, -0.2) is 0 Å². The highest BCUT2D eigenvalue weighted by Gasteiger charge is 2.30. The third kappa shape index (κ3) is 5.65. The van der Waals surface area contributed by atoms with Crippen LogP contribution >= 0.6 is 0 Å². The molecule has 0 spiro atoms. The van der Waals surface area contributed by atoms with E-state index < -0.39 is 17.7 Å². The maximum Gasteiger partial charge on any atom is 0.416 e. The highest BCUT2D eigenvalue weighted by Crippen LogP contribution is 2.32. The average Bonchev–Trinajstić information content (AvgIpc) is 3.07. The van der Waals surface area contributed by atoms with Crippen LogP contribution in [0.3, 0.4) is 0 Å². The van der Waals surface area contributed by atoms with E-state index in [9.17, 15) is 18.0 Å². The van der Waals surface area contributed by atoms with E-state index in [0.717, 1.165) is 28.8 Å². The Balaban J connectivity index is 1.60. The molecular weight excluding hydrogens is 411 g/mol. The molecule has 164 valence electrons. The molecule has 1 heterocycles. The molecule has 1 aromatic heterocycles. The molecule has 31 heavy (non-hydrogen) atoms. The van der Waals surface area contributed by atoms with Crippen molar-refractivity contribution >= 4 is 5.97 Å². The van der Waals surface area contributed by atoms with Crippen molar-refractivity contribution in [3.63, 3.8) is 0 Å². The maximum atomic E-state index is 12.7. The minimum atomic E-state index is -4.38. The minimum absolute atomic E-state index is 0.0765. The number of benzene rings is 2. The monoisotopic (exact) mass is 433 g/mol. The van der Waals surface area contributed by atoms with Crippen LogP contribution in [0.2, 0.25) is 0 Å². The van der Waals surface area contributed by atoms with Gasteiger partial charge in [0, 0.05) is 24.0 Å². The maximum absolute atomic E-state index is 12.7. The lowest BCUT2D eigenvalue weighted by Crippen LogP contribution is -2.04. The summed E-state index contributed by atoms with van der Waals surface area (Å²) >= 11 is 0. The van der Waals surface area contributed by atoms with E-state index in [1.165, 1.54) is 12.1 Å². The van der Waals surface area contributed by atoms with E-state index in [-0.39, 0.29) is 6.42 Å². The van der Waals surface area contributed by atoms with E-state index in [1.54, 1.807) is 13.0 Å². The molecule has 0 aliphatic carbocycles. The molecule has 0 saturated carbocycles. The summed E-state index contributed by atoms with van der Waals surface area (Å²) in [5.74, 6) is 0.430. The van der Waals surface area contributed by atoms with E-state index in [2.05, 4.69) is 5.16 Å². The number of aromatic nitrogens is 1. The molecule has 2 aromatic carbocycles. The van der Waals surface area contributed by atoms with Crippen LogP contribution in [0.4, 0.5) is 13.2 Å². The highest BCUT2D eigenvalue weighted by molar-refractivity contribution is 5.67. The molecule has 0 fully saturated rings. The summed E-state index contributed by atoms with van der Waals surface area (Å²) in [5, 5.41) is 12.8. The van der Waals surface area contributed by atoms with Gasteiger partial charge in [-0.2, -0.15) is 13.2 Å². The molecule has 0 unspecified atom stereocenters. The minimum Gasteiger partial charge on any atom is -0.493 e. The van der Waals surface area contributed by atoms with Crippen LogP contribution in [0.25, 0.3) is 11.3 Å². The predicted molar refractivity (Wildman–Crippen MR) is 108 cm³/mol. The van der Waals surface area contributed by atoms with Gasteiger partial charge in [0.15, 0.2) is 0 Å². The summed E-state index contributed by atoms with van der Waals surface area (Å²) in [6.45, 7) is 4.04. The van der Waals surface area contributed by atoms with Crippen molar-refractivity contribution < 1.29 is 32.3 Å². The van der Waals surface area contributed by atoms with Gasteiger partial charge in [-0.1, -0.05) is 23.4 Å². The second-order valence-corrected chi connectivity index (χ2v) is 7.23. The summed E-state index contributed by atoms with van der Waals surface area (Å²) in [7, 11) is 0. The number of hydrogen-bond acceptors (Lipinski definition) is 4. The lowest BCUT2D eigenvalue weighted by Gasteiger charge is -2.09. The van der Waals surface area contributed by atoms with Gasteiger partial charge in [-0.3, -0.25) is 4.79 Å². The van der Waals surface area contributed by atoms with E-state index in [0.29, 0.717) is 42.2 Å². The molecule has 5 nitrogen and oxygen atoms in total. The smallest absolute Gasteiger partial charge is 0.416 e. The van der Waals surface area contributed by atoms with Crippen LogP contribution in [0.1, 0.15) is 34.4 Å². The van der Waals surface area contributed by atoms with Gasteiger partial charge >= 0.3 is 12.1 Å². The number of ether oxygens (including phenoxy) is 1. The zero-order chi connectivity index (χ0) is 22.6. The molecule has 1 N–H and O–H groups in total. The Labute approximate surface area is 177 Å². The van der Waals surface area contributed by atoms with E-state index in [1.807, 2.05) is 19.1 Å². The molecule has 3 rings (SSSR count). The lowest BCUT2D eigenvalue weighted by molar-refractivity contribution is -0.138.